The summed E-state index contributed by atoms with van der Waals surface area (Å²) in [6.07, 6.45) is 2.51. The van der Waals surface area contributed by atoms with Crippen LogP contribution in [0.25, 0.3) is 0 Å². The van der Waals surface area contributed by atoms with Crippen LogP contribution < -0.4 is 10.6 Å². The molecule has 2 aliphatic rings. The fourth-order valence-electron chi connectivity index (χ4n) is 4.13. The highest BCUT2D eigenvalue weighted by Gasteiger charge is 2.38. The van der Waals surface area contributed by atoms with Gasteiger partial charge in [0.1, 0.15) is 11.6 Å². The summed E-state index contributed by atoms with van der Waals surface area (Å²) in [6.45, 7) is 6.58. The first kappa shape index (κ1) is 24.3. The van der Waals surface area contributed by atoms with Crippen molar-refractivity contribution in [1.29, 1.82) is 5.26 Å². The van der Waals surface area contributed by atoms with Crippen LogP contribution in [0.4, 0.5) is 4.79 Å². The van der Waals surface area contributed by atoms with E-state index in [1.54, 1.807) is 17.0 Å². The van der Waals surface area contributed by atoms with Gasteiger partial charge in [-0.05, 0) is 43.5 Å². The number of nitrogens with one attached hydrogen (secondary N) is 2. The molecular weight excluding hydrogens is 430 g/mol. The Morgan fingerprint density at radius 2 is 1.84 bits per heavy atom. The lowest BCUT2D eigenvalue weighted by Crippen LogP contribution is -2.60. The highest BCUT2D eigenvalue weighted by Crippen LogP contribution is 2.22. The number of benzene rings is 1. The second kappa shape index (κ2) is 11.5. The SMILES string of the molecule is CCCN1CCC(C#N)(NC(=O)C(Cc2ccc(Cl)cc2)NC(=O)N2CCOCC2)CC1. The van der Waals surface area contributed by atoms with Gasteiger partial charge in [-0.1, -0.05) is 30.7 Å². The van der Waals surface area contributed by atoms with Crippen molar-refractivity contribution in [2.75, 3.05) is 45.9 Å². The molecule has 1 aromatic rings. The molecule has 8 nitrogen and oxygen atoms in total. The van der Waals surface area contributed by atoms with Crippen LogP contribution in [-0.4, -0.2) is 79.3 Å². The van der Waals surface area contributed by atoms with Gasteiger partial charge in [0.15, 0.2) is 0 Å². The van der Waals surface area contributed by atoms with Gasteiger partial charge < -0.3 is 25.2 Å². The molecular formula is C23H32ClN5O3. The van der Waals surface area contributed by atoms with Gasteiger partial charge in [-0.15, -0.1) is 0 Å². The summed E-state index contributed by atoms with van der Waals surface area (Å²) < 4.78 is 5.31. The molecule has 1 unspecified atom stereocenters. The Balaban J connectivity index is 1.70. The third-order valence-electron chi connectivity index (χ3n) is 6.09. The lowest BCUT2D eigenvalue weighted by atomic mass is 9.88. The quantitative estimate of drug-likeness (QED) is 0.648. The number of piperidine rings is 1. The van der Waals surface area contributed by atoms with E-state index in [9.17, 15) is 14.9 Å². The van der Waals surface area contributed by atoms with Crippen LogP contribution in [0.2, 0.25) is 5.02 Å². The standard InChI is InChI=1S/C23H32ClN5O3/c1-2-9-28-10-7-23(17-25,8-11-28)27-21(30)20(16-18-3-5-19(24)6-4-18)26-22(31)29-12-14-32-15-13-29/h3-6,20H,2,7-16H2,1H3,(H,26,31)(H,27,30). The maximum Gasteiger partial charge on any atom is 0.318 e. The van der Waals surface area contributed by atoms with E-state index in [0.717, 1.165) is 31.6 Å². The Hall–Kier alpha value is -2.34. The summed E-state index contributed by atoms with van der Waals surface area (Å²) in [5.41, 5.74) is -0.0379. The lowest BCUT2D eigenvalue weighted by molar-refractivity contribution is -0.124. The molecule has 2 saturated heterocycles. The number of hydrogen-bond acceptors (Lipinski definition) is 5. The second-order valence-corrected chi connectivity index (χ2v) is 8.89. The van der Waals surface area contributed by atoms with E-state index in [-0.39, 0.29) is 11.9 Å². The molecule has 0 aromatic heterocycles. The van der Waals surface area contributed by atoms with Gasteiger partial charge in [0.2, 0.25) is 5.91 Å². The number of amides is 3. The number of carbonyl (C=O) groups is 2. The number of morpholine rings is 1. The van der Waals surface area contributed by atoms with Gasteiger partial charge in [-0.3, -0.25) is 4.79 Å². The van der Waals surface area contributed by atoms with E-state index in [1.165, 1.54) is 0 Å². The van der Waals surface area contributed by atoms with Crippen molar-refractivity contribution in [3.05, 3.63) is 34.9 Å². The van der Waals surface area contributed by atoms with Crippen LogP contribution in [0.5, 0.6) is 0 Å². The van der Waals surface area contributed by atoms with Gasteiger partial charge in [0.25, 0.3) is 0 Å². The smallest absolute Gasteiger partial charge is 0.318 e. The van der Waals surface area contributed by atoms with Gasteiger partial charge in [0.05, 0.1) is 19.3 Å². The number of likely N-dealkylation sites (tertiary alicyclic amines) is 1. The molecule has 9 heteroatoms. The minimum absolute atomic E-state index is 0.300. The Morgan fingerprint density at radius 3 is 2.44 bits per heavy atom. The number of rotatable bonds is 7. The summed E-state index contributed by atoms with van der Waals surface area (Å²) in [7, 11) is 0. The van der Waals surface area contributed by atoms with Gasteiger partial charge in [-0.25, -0.2) is 4.79 Å². The predicted molar refractivity (Wildman–Crippen MR) is 122 cm³/mol. The van der Waals surface area contributed by atoms with E-state index in [1.807, 2.05) is 12.1 Å². The van der Waals surface area contributed by atoms with E-state index >= 15 is 0 Å². The minimum Gasteiger partial charge on any atom is -0.378 e. The highest BCUT2D eigenvalue weighted by molar-refractivity contribution is 6.30. The molecule has 2 fully saturated rings. The first-order valence-corrected chi connectivity index (χ1v) is 11.7. The van der Waals surface area contributed by atoms with Crippen molar-refractivity contribution in [2.45, 2.75) is 44.2 Å². The molecule has 174 valence electrons. The average molecular weight is 462 g/mol. The molecule has 3 rings (SSSR count). The maximum absolute atomic E-state index is 13.3. The number of hydrogen-bond donors (Lipinski definition) is 2. The Kier molecular flexibility index (Phi) is 8.74. The Morgan fingerprint density at radius 1 is 1.19 bits per heavy atom. The molecule has 0 saturated carbocycles. The van der Waals surface area contributed by atoms with E-state index < -0.39 is 11.6 Å². The van der Waals surface area contributed by atoms with Gasteiger partial charge in [0, 0.05) is 37.6 Å². The van der Waals surface area contributed by atoms with Crippen molar-refractivity contribution in [3.8, 4) is 6.07 Å². The van der Waals surface area contributed by atoms with Crippen LogP contribution in [0, 0.1) is 11.3 Å². The fourth-order valence-corrected chi connectivity index (χ4v) is 4.26. The predicted octanol–water partition coefficient (Wildman–Crippen LogP) is 2.18. The first-order valence-electron chi connectivity index (χ1n) is 11.3. The van der Waals surface area contributed by atoms with Crippen molar-refractivity contribution in [3.63, 3.8) is 0 Å². The van der Waals surface area contributed by atoms with Gasteiger partial charge >= 0.3 is 6.03 Å². The lowest BCUT2D eigenvalue weighted by Gasteiger charge is -2.38. The monoisotopic (exact) mass is 461 g/mol. The summed E-state index contributed by atoms with van der Waals surface area (Å²) in [6, 6.07) is 8.44. The Labute approximate surface area is 194 Å². The van der Waals surface area contributed by atoms with Crippen LogP contribution in [0.1, 0.15) is 31.7 Å². The summed E-state index contributed by atoms with van der Waals surface area (Å²) in [5, 5.41) is 16.3. The molecule has 0 bridgehead atoms. The third kappa shape index (κ3) is 6.58. The van der Waals surface area contributed by atoms with Crippen molar-refractivity contribution < 1.29 is 14.3 Å². The molecule has 32 heavy (non-hydrogen) atoms. The molecule has 0 radical (unpaired) electrons. The number of carbonyl (C=O) groups excluding carboxylic acids is 2. The summed E-state index contributed by atoms with van der Waals surface area (Å²) in [4.78, 5) is 30.1. The number of ether oxygens (including phenoxy) is 1. The summed E-state index contributed by atoms with van der Waals surface area (Å²) in [5.74, 6) is -0.341. The van der Waals surface area contributed by atoms with E-state index in [0.29, 0.717) is 50.6 Å². The highest BCUT2D eigenvalue weighted by atomic mass is 35.5. The van der Waals surface area contributed by atoms with Crippen LogP contribution in [0.3, 0.4) is 0 Å². The molecule has 2 aliphatic heterocycles. The molecule has 0 aliphatic carbocycles. The zero-order chi connectivity index (χ0) is 23.0. The Bertz CT molecular complexity index is 812. The topological polar surface area (TPSA) is 97.7 Å². The van der Waals surface area contributed by atoms with Crippen LogP contribution in [-0.2, 0) is 16.0 Å². The second-order valence-electron chi connectivity index (χ2n) is 8.46. The van der Waals surface area contributed by atoms with E-state index in [2.05, 4.69) is 28.5 Å². The van der Waals surface area contributed by atoms with Gasteiger partial charge in [-0.2, -0.15) is 5.26 Å². The normalized spacial score (nSPS) is 19.6. The third-order valence-corrected chi connectivity index (χ3v) is 6.34. The number of nitriles is 1. The number of halogens is 1. The molecule has 1 aromatic carbocycles. The average Bonchev–Trinajstić information content (AvgIpc) is 2.82. The molecule has 2 heterocycles. The molecule has 1 atom stereocenters. The number of urea groups is 1. The molecule has 2 N–H and O–H groups in total. The largest absolute Gasteiger partial charge is 0.378 e. The van der Waals surface area contributed by atoms with Crippen LogP contribution >= 0.6 is 11.6 Å². The van der Waals surface area contributed by atoms with Crippen LogP contribution in [0.15, 0.2) is 24.3 Å². The molecule has 3 amide bonds. The molecule has 0 spiro atoms. The van der Waals surface area contributed by atoms with Crippen molar-refractivity contribution >= 4 is 23.5 Å². The minimum atomic E-state index is -0.913. The van der Waals surface area contributed by atoms with E-state index in [4.69, 9.17) is 16.3 Å². The van der Waals surface area contributed by atoms with Crippen molar-refractivity contribution in [1.82, 2.24) is 20.4 Å². The maximum atomic E-state index is 13.3. The number of nitrogens with zero attached hydrogens (tertiary/aromatic N) is 3. The zero-order valence-electron chi connectivity index (χ0n) is 18.6. The fraction of sp³-hybridized carbons (Fsp3) is 0.609. The zero-order valence-corrected chi connectivity index (χ0v) is 19.4. The van der Waals surface area contributed by atoms with Crippen molar-refractivity contribution in [2.24, 2.45) is 0 Å². The first-order chi connectivity index (χ1) is 15.4. The summed E-state index contributed by atoms with van der Waals surface area (Å²) >= 11 is 5.99.